The SMILES string of the molecule is CN(C)CCN1C2=CC=CCC2=Cc2ccccc21. The molecule has 98 valence electrons. The summed E-state index contributed by atoms with van der Waals surface area (Å²) in [6, 6.07) is 8.67. The Bertz CT molecular complexity index is 564. The molecule has 2 aliphatic rings. The molecule has 0 amide bonds. The second-order valence-electron chi connectivity index (χ2n) is 5.37. The first-order valence-corrected chi connectivity index (χ1v) is 6.85. The maximum absolute atomic E-state index is 2.45. The van der Waals surface area contributed by atoms with Crippen molar-refractivity contribution >= 4 is 11.8 Å². The van der Waals surface area contributed by atoms with Crippen LogP contribution >= 0.6 is 0 Å². The van der Waals surface area contributed by atoms with Crippen LogP contribution < -0.4 is 4.90 Å². The van der Waals surface area contributed by atoms with Crippen molar-refractivity contribution in [2.45, 2.75) is 6.42 Å². The van der Waals surface area contributed by atoms with Crippen molar-refractivity contribution in [1.82, 2.24) is 4.90 Å². The van der Waals surface area contributed by atoms with Gasteiger partial charge in [-0.1, -0.05) is 30.4 Å². The van der Waals surface area contributed by atoms with Crippen molar-refractivity contribution in [3.05, 3.63) is 59.3 Å². The van der Waals surface area contributed by atoms with Crippen LogP contribution in [0.5, 0.6) is 0 Å². The van der Waals surface area contributed by atoms with Gasteiger partial charge in [0.05, 0.1) is 0 Å². The molecule has 1 heterocycles. The number of nitrogens with zero attached hydrogens (tertiary/aromatic N) is 2. The Balaban J connectivity index is 2.00. The number of anilines is 1. The lowest BCUT2D eigenvalue weighted by Gasteiger charge is -2.35. The molecule has 0 spiro atoms. The van der Waals surface area contributed by atoms with Crippen molar-refractivity contribution < 1.29 is 0 Å². The largest absolute Gasteiger partial charge is 0.339 e. The van der Waals surface area contributed by atoms with Gasteiger partial charge in [0.15, 0.2) is 0 Å². The second kappa shape index (κ2) is 5.06. The Labute approximate surface area is 115 Å². The fourth-order valence-corrected chi connectivity index (χ4v) is 2.68. The first-order valence-electron chi connectivity index (χ1n) is 6.85. The van der Waals surface area contributed by atoms with E-state index in [9.17, 15) is 0 Å². The van der Waals surface area contributed by atoms with Crippen LogP contribution in [0.15, 0.2) is 53.8 Å². The molecule has 0 fully saturated rings. The molecule has 1 aromatic rings. The highest BCUT2D eigenvalue weighted by atomic mass is 15.2. The summed E-state index contributed by atoms with van der Waals surface area (Å²) < 4.78 is 0. The summed E-state index contributed by atoms with van der Waals surface area (Å²) in [5.74, 6) is 0. The third-order valence-electron chi connectivity index (χ3n) is 3.68. The molecule has 19 heavy (non-hydrogen) atoms. The van der Waals surface area contributed by atoms with Gasteiger partial charge < -0.3 is 9.80 Å². The number of hydrogen-bond donors (Lipinski definition) is 0. The monoisotopic (exact) mass is 252 g/mol. The van der Waals surface area contributed by atoms with Gasteiger partial charge in [-0.05, 0) is 49.9 Å². The minimum absolute atomic E-state index is 1.03. The molecule has 1 aromatic carbocycles. The Kier molecular flexibility index (Phi) is 3.26. The molecule has 0 saturated heterocycles. The van der Waals surface area contributed by atoms with Crippen LogP contribution in [0.2, 0.25) is 0 Å². The molecule has 0 unspecified atom stereocenters. The van der Waals surface area contributed by atoms with Crippen LogP contribution in [0.1, 0.15) is 12.0 Å². The second-order valence-corrected chi connectivity index (χ2v) is 5.37. The van der Waals surface area contributed by atoms with E-state index < -0.39 is 0 Å². The number of fused-ring (bicyclic) bond motifs is 2. The fraction of sp³-hybridized carbons (Fsp3) is 0.294. The maximum atomic E-state index is 2.45. The van der Waals surface area contributed by atoms with E-state index in [4.69, 9.17) is 0 Å². The van der Waals surface area contributed by atoms with E-state index in [1.165, 1.54) is 22.5 Å². The zero-order chi connectivity index (χ0) is 13.2. The van der Waals surface area contributed by atoms with E-state index in [1.807, 2.05) is 0 Å². The average molecular weight is 252 g/mol. The molecule has 0 N–H and O–H groups in total. The van der Waals surface area contributed by atoms with Crippen molar-refractivity contribution in [2.24, 2.45) is 0 Å². The molecule has 0 radical (unpaired) electrons. The van der Waals surface area contributed by atoms with Crippen LogP contribution in [-0.2, 0) is 0 Å². The Hall–Kier alpha value is -1.80. The standard InChI is InChI=1S/C17H20N2/c1-18(2)11-12-19-16-9-5-3-7-14(16)13-15-8-4-6-10-17(15)19/h3-7,9-10,13H,8,11-12H2,1-2H3. The van der Waals surface area contributed by atoms with E-state index in [0.29, 0.717) is 0 Å². The maximum Gasteiger partial charge on any atom is 0.0484 e. The average Bonchev–Trinajstić information content (AvgIpc) is 2.43. The fourth-order valence-electron chi connectivity index (χ4n) is 2.68. The minimum Gasteiger partial charge on any atom is -0.339 e. The number of likely N-dealkylation sites (N-methyl/N-ethyl adjacent to an activating group) is 1. The first kappa shape index (κ1) is 12.2. The number of rotatable bonds is 3. The molecular weight excluding hydrogens is 232 g/mol. The molecule has 0 atom stereocenters. The molecule has 0 aromatic heterocycles. The third kappa shape index (κ3) is 2.36. The summed E-state index contributed by atoms with van der Waals surface area (Å²) in [6.07, 6.45) is 10.0. The van der Waals surface area contributed by atoms with Crippen LogP contribution in [0, 0.1) is 0 Å². The molecule has 1 aliphatic heterocycles. The van der Waals surface area contributed by atoms with Gasteiger partial charge in [-0.15, -0.1) is 0 Å². The van der Waals surface area contributed by atoms with Gasteiger partial charge in [0.1, 0.15) is 0 Å². The minimum atomic E-state index is 1.03. The summed E-state index contributed by atoms with van der Waals surface area (Å²) in [5, 5.41) is 0. The highest BCUT2D eigenvalue weighted by molar-refractivity contribution is 5.80. The molecule has 0 bridgehead atoms. The predicted molar refractivity (Wildman–Crippen MR) is 82.2 cm³/mol. The summed E-state index contributed by atoms with van der Waals surface area (Å²) in [4.78, 5) is 4.69. The summed E-state index contributed by atoms with van der Waals surface area (Å²) in [5.41, 5.74) is 5.46. The van der Waals surface area contributed by atoms with Crippen molar-refractivity contribution in [3.63, 3.8) is 0 Å². The molecule has 2 heteroatoms. The van der Waals surface area contributed by atoms with E-state index in [1.54, 1.807) is 0 Å². The van der Waals surface area contributed by atoms with Crippen molar-refractivity contribution in [1.29, 1.82) is 0 Å². The lowest BCUT2D eigenvalue weighted by molar-refractivity contribution is 0.417. The van der Waals surface area contributed by atoms with Gasteiger partial charge in [-0.2, -0.15) is 0 Å². The molecule has 3 rings (SSSR count). The molecule has 0 saturated carbocycles. The zero-order valence-corrected chi connectivity index (χ0v) is 11.6. The van der Waals surface area contributed by atoms with E-state index >= 15 is 0 Å². The molecule has 2 nitrogen and oxygen atoms in total. The highest BCUT2D eigenvalue weighted by Gasteiger charge is 2.22. The lowest BCUT2D eigenvalue weighted by Crippen LogP contribution is -2.34. The Morgan fingerprint density at radius 1 is 1.21 bits per heavy atom. The number of hydrogen-bond acceptors (Lipinski definition) is 2. The van der Waals surface area contributed by atoms with Gasteiger partial charge in [0.2, 0.25) is 0 Å². The van der Waals surface area contributed by atoms with Crippen LogP contribution in [-0.4, -0.2) is 32.1 Å². The zero-order valence-electron chi connectivity index (χ0n) is 11.6. The summed E-state index contributed by atoms with van der Waals surface area (Å²) in [7, 11) is 4.25. The Morgan fingerprint density at radius 3 is 2.89 bits per heavy atom. The number of benzene rings is 1. The van der Waals surface area contributed by atoms with Gasteiger partial charge in [0.25, 0.3) is 0 Å². The third-order valence-corrected chi connectivity index (χ3v) is 3.68. The van der Waals surface area contributed by atoms with Crippen molar-refractivity contribution in [2.75, 3.05) is 32.1 Å². The van der Waals surface area contributed by atoms with Crippen molar-refractivity contribution in [3.8, 4) is 0 Å². The van der Waals surface area contributed by atoms with E-state index in [2.05, 4.69) is 72.5 Å². The van der Waals surface area contributed by atoms with Crippen LogP contribution in [0.25, 0.3) is 6.08 Å². The molecule has 1 aliphatic carbocycles. The van der Waals surface area contributed by atoms with Gasteiger partial charge in [0, 0.05) is 24.5 Å². The Morgan fingerprint density at radius 2 is 2.05 bits per heavy atom. The van der Waals surface area contributed by atoms with Gasteiger partial charge >= 0.3 is 0 Å². The quantitative estimate of drug-likeness (QED) is 0.814. The normalized spacial score (nSPS) is 16.9. The van der Waals surface area contributed by atoms with E-state index in [-0.39, 0.29) is 0 Å². The van der Waals surface area contributed by atoms with Crippen LogP contribution in [0.3, 0.4) is 0 Å². The smallest absolute Gasteiger partial charge is 0.0484 e. The van der Waals surface area contributed by atoms with Gasteiger partial charge in [-0.25, -0.2) is 0 Å². The van der Waals surface area contributed by atoms with Crippen LogP contribution in [0.4, 0.5) is 5.69 Å². The predicted octanol–water partition coefficient (Wildman–Crippen LogP) is 3.30. The first-order chi connectivity index (χ1) is 9.25. The summed E-state index contributed by atoms with van der Waals surface area (Å²) in [6.45, 7) is 2.09. The highest BCUT2D eigenvalue weighted by Crippen LogP contribution is 2.37. The van der Waals surface area contributed by atoms with E-state index in [0.717, 1.165) is 19.5 Å². The topological polar surface area (TPSA) is 6.48 Å². The van der Waals surface area contributed by atoms with Gasteiger partial charge in [-0.3, -0.25) is 0 Å². The molecular formula is C17H20N2. The number of para-hydroxylation sites is 1. The number of allylic oxidation sites excluding steroid dienone is 4. The summed E-state index contributed by atoms with van der Waals surface area (Å²) >= 11 is 0. The lowest BCUT2D eigenvalue weighted by atomic mass is 9.94.